The van der Waals surface area contributed by atoms with Crippen LogP contribution < -0.4 is 5.43 Å². The average Bonchev–Trinajstić information content (AvgIpc) is 2.65. The average molecular weight is 298 g/mol. The Kier molecular flexibility index (Phi) is 4.65. The van der Waals surface area contributed by atoms with E-state index in [1.165, 1.54) is 22.8 Å². The van der Waals surface area contributed by atoms with Crippen molar-refractivity contribution < 1.29 is 8.42 Å². The Bertz CT molecular complexity index is 607. The molecule has 1 aromatic rings. The largest absolute Gasteiger partial charge is 0.366 e. The Morgan fingerprint density at radius 3 is 2.70 bits per heavy atom. The molecule has 112 valence electrons. The highest BCUT2D eigenvalue weighted by molar-refractivity contribution is 7.89. The fraction of sp³-hybridized carbons (Fsp3) is 0.643. The second-order valence-electron chi connectivity index (χ2n) is 5.71. The van der Waals surface area contributed by atoms with E-state index in [0.29, 0.717) is 24.9 Å². The molecule has 0 aromatic carbocycles. The predicted octanol–water partition coefficient (Wildman–Crippen LogP) is 1.82. The molecule has 0 radical (unpaired) electrons. The van der Waals surface area contributed by atoms with Gasteiger partial charge in [0.05, 0.1) is 0 Å². The van der Waals surface area contributed by atoms with Crippen LogP contribution in [0.25, 0.3) is 0 Å². The standard InChI is InChI=1S/C14H22N2O3S/c1-11(2)12-4-3-8-16(9-6-12)20(18,19)14-10-15-7-5-13(14)17/h5,7,10-12H,3-4,6,8-9H2,1-2H3,(H,15,17). The quantitative estimate of drug-likeness (QED) is 0.925. The molecule has 1 fully saturated rings. The van der Waals surface area contributed by atoms with Crippen LogP contribution >= 0.6 is 0 Å². The van der Waals surface area contributed by atoms with Gasteiger partial charge in [-0.15, -0.1) is 0 Å². The smallest absolute Gasteiger partial charge is 0.248 e. The van der Waals surface area contributed by atoms with Crippen molar-refractivity contribution in [2.45, 2.75) is 38.0 Å². The van der Waals surface area contributed by atoms with Gasteiger partial charge in [0.2, 0.25) is 15.5 Å². The lowest BCUT2D eigenvalue weighted by Gasteiger charge is -2.20. The van der Waals surface area contributed by atoms with Crippen LogP contribution in [0.15, 0.2) is 28.2 Å². The van der Waals surface area contributed by atoms with Gasteiger partial charge in [0.1, 0.15) is 4.90 Å². The van der Waals surface area contributed by atoms with Crippen LogP contribution in [0.3, 0.4) is 0 Å². The minimum Gasteiger partial charge on any atom is -0.366 e. The first-order valence-corrected chi connectivity index (χ1v) is 8.54. The van der Waals surface area contributed by atoms with E-state index < -0.39 is 15.5 Å². The summed E-state index contributed by atoms with van der Waals surface area (Å²) in [5, 5.41) is 0. The van der Waals surface area contributed by atoms with E-state index in [9.17, 15) is 13.2 Å². The highest BCUT2D eigenvalue weighted by Gasteiger charge is 2.29. The summed E-state index contributed by atoms with van der Waals surface area (Å²) in [6.07, 6.45) is 5.49. The maximum Gasteiger partial charge on any atom is 0.248 e. The summed E-state index contributed by atoms with van der Waals surface area (Å²) in [5.74, 6) is 1.13. The number of nitrogens with zero attached hydrogens (tertiary/aromatic N) is 1. The van der Waals surface area contributed by atoms with Crippen LogP contribution in [0.1, 0.15) is 33.1 Å². The molecule has 6 heteroatoms. The molecule has 20 heavy (non-hydrogen) atoms. The Morgan fingerprint density at radius 2 is 2.05 bits per heavy atom. The number of aromatic amines is 1. The van der Waals surface area contributed by atoms with Gasteiger partial charge in [0.15, 0.2) is 0 Å². The molecule has 1 unspecified atom stereocenters. The zero-order valence-corrected chi connectivity index (χ0v) is 12.8. The fourth-order valence-corrected chi connectivity index (χ4v) is 4.28. The molecule has 5 nitrogen and oxygen atoms in total. The van der Waals surface area contributed by atoms with Crippen LogP contribution in [-0.2, 0) is 10.0 Å². The molecular weight excluding hydrogens is 276 g/mol. The van der Waals surface area contributed by atoms with Gasteiger partial charge in [-0.1, -0.05) is 13.8 Å². The summed E-state index contributed by atoms with van der Waals surface area (Å²) < 4.78 is 26.5. The van der Waals surface area contributed by atoms with E-state index in [2.05, 4.69) is 18.8 Å². The number of pyridine rings is 1. The predicted molar refractivity (Wildman–Crippen MR) is 78.0 cm³/mol. The number of H-pyrrole nitrogens is 1. The van der Waals surface area contributed by atoms with Gasteiger partial charge >= 0.3 is 0 Å². The molecular formula is C14H22N2O3S. The van der Waals surface area contributed by atoms with Crippen molar-refractivity contribution in [3.05, 3.63) is 28.7 Å². The number of sulfonamides is 1. The first-order valence-electron chi connectivity index (χ1n) is 7.10. The van der Waals surface area contributed by atoms with Gasteiger partial charge in [-0.05, 0) is 31.1 Å². The van der Waals surface area contributed by atoms with E-state index in [1.54, 1.807) is 0 Å². The van der Waals surface area contributed by atoms with Crippen molar-refractivity contribution in [3.63, 3.8) is 0 Å². The van der Waals surface area contributed by atoms with Gasteiger partial charge in [-0.3, -0.25) is 4.79 Å². The van der Waals surface area contributed by atoms with E-state index in [-0.39, 0.29) is 4.90 Å². The molecule has 2 heterocycles. The Morgan fingerprint density at radius 1 is 1.30 bits per heavy atom. The summed E-state index contributed by atoms with van der Waals surface area (Å²) in [6, 6.07) is 1.25. The van der Waals surface area contributed by atoms with Gasteiger partial charge < -0.3 is 4.98 Å². The van der Waals surface area contributed by atoms with E-state index in [1.807, 2.05) is 0 Å². The monoisotopic (exact) mass is 298 g/mol. The normalized spacial score (nSPS) is 21.9. The maximum atomic E-state index is 12.5. The molecule has 0 saturated carbocycles. The van der Waals surface area contributed by atoms with Gasteiger partial charge in [-0.25, -0.2) is 8.42 Å². The molecule has 0 spiro atoms. The molecule has 1 N–H and O–H groups in total. The highest BCUT2D eigenvalue weighted by atomic mass is 32.2. The second kappa shape index (κ2) is 6.10. The first-order chi connectivity index (χ1) is 9.43. The molecule has 1 aromatic heterocycles. The molecule has 0 amide bonds. The van der Waals surface area contributed by atoms with Crippen molar-refractivity contribution in [2.24, 2.45) is 11.8 Å². The second-order valence-corrected chi connectivity index (χ2v) is 7.62. The lowest BCUT2D eigenvalue weighted by atomic mass is 9.89. The third-order valence-corrected chi connectivity index (χ3v) is 6.00. The maximum absolute atomic E-state index is 12.5. The highest BCUT2D eigenvalue weighted by Crippen LogP contribution is 2.26. The minimum atomic E-state index is -3.68. The summed E-state index contributed by atoms with van der Waals surface area (Å²) in [4.78, 5) is 14.3. The van der Waals surface area contributed by atoms with Crippen LogP contribution in [0.2, 0.25) is 0 Å². The van der Waals surface area contributed by atoms with Crippen molar-refractivity contribution in [3.8, 4) is 0 Å². The van der Waals surface area contributed by atoms with Gasteiger partial charge in [0.25, 0.3) is 0 Å². The Hall–Kier alpha value is -1.14. The SMILES string of the molecule is CC(C)C1CCCN(S(=O)(=O)c2c[nH]ccc2=O)CC1. The molecule has 2 rings (SSSR count). The summed E-state index contributed by atoms with van der Waals surface area (Å²) >= 11 is 0. The zero-order valence-electron chi connectivity index (χ0n) is 12.0. The van der Waals surface area contributed by atoms with Crippen LogP contribution in [0.4, 0.5) is 0 Å². The number of aromatic nitrogens is 1. The fourth-order valence-electron chi connectivity index (χ4n) is 2.74. The summed E-state index contributed by atoms with van der Waals surface area (Å²) in [7, 11) is -3.68. The number of rotatable bonds is 3. The summed E-state index contributed by atoms with van der Waals surface area (Å²) in [5.41, 5.74) is -0.451. The summed E-state index contributed by atoms with van der Waals surface area (Å²) in [6.45, 7) is 5.35. The Labute approximate surface area is 120 Å². The number of nitrogens with one attached hydrogen (secondary N) is 1. The molecule has 1 aliphatic heterocycles. The Balaban J connectivity index is 2.23. The third kappa shape index (κ3) is 3.12. The molecule has 0 aliphatic carbocycles. The van der Waals surface area contributed by atoms with Crippen molar-refractivity contribution in [2.75, 3.05) is 13.1 Å². The van der Waals surface area contributed by atoms with Crippen LogP contribution in [0.5, 0.6) is 0 Å². The molecule has 1 atom stereocenters. The number of hydrogen-bond acceptors (Lipinski definition) is 3. The molecule has 1 saturated heterocycles. The first kappa shape index (κ1) is 15.3. The minimum absolute atomic E-state index is 0.150. The van der Waals surface area contributed by atoms with Gasteiger partial charge in [0, 0.05) is 31.5 Å². The van der Waals surface area contributed by atoms with Gasteiger partial charge in [-0.2, -0.15) is 4.31 Å². The van der Waals surface area contributed by atoms with E-state index >= 15 is 0 Å². The topological polar surface area (TPSA) is 70.2 Å². The number of hydrogen-bond donors (Lipinski definition) is 1. The zero-order chi connectivity index (χ0) is 14.8. The van der Waals surface area contributed by atoms with E-state index in [0.717, 1.165) is 19.3 Å². The third-order valence-electron chi connectivity index (χ3n) is 4.08. The van der Waals surface area contributed by atoms with Crippen molar-refractivity contribution in [1.82, 2.24) is 9.29 Å². The molecule has 0 bridgehead atoms. The van der Waals surface area contributed by atoms with Crippen LogP contribution in [0, 0.1) is 11.8 Å². The molecule has 1 aliphatic rings. The van der Waals surface area contributed by atoms with Crippen molar-refractivity contribution >= 4 is 10.0 Å². The lowest BCUT2D eigenvalue weighted by molar-refractivity contribution is 0.340. The van der Waals surface area contributed by atoms with Crippen LogP contribution in [-0.4, -0.2) is 30.8 Å². The van der Waals surface area contributed by atoms with Crippen molar-refractivity contribution in [1.29, 1.82) is 0 Å². The van der Waals surface area contributed by atoms with E-state index in [4.69, 9.17) is 0 Å². The lowest BCUT2D eigenvalue weighted by Crippen LogP contribution is -2.35.